The van der Waals surface area contributed by atoms with Gasteiger partial charge in [-0.2, -0.15) is 0 Å². The Hall–Kier alpha value is -3.09. The van der Waals surface area contributed by atoms with Crippen LogP contribution in [-0.2, 0) is 54.3 Å². The van der Waals surface area contributed by atoms with E-state index in [1.54, 1.807) is 6.07 Å². The first kappa shape index (κ1) is 26.2. The van der Waals surface area contributed by atoms with Crippen LogP contribution in [0.4, 0.5) is 4.39 Å². The first-order chi connectivity index (χ1) is 15.6. The Morgan fingerprint density at radius 1 is 0.939 bits per heavy atom. The van der Waals surface area contributed by atoms with Gasteiger partial charge in [-0.1, -0.05) is 18.2 Å². The van der Waals surface area contributed by atoms with E-state index in [0.29, 0.717) is 0 Å². The van der Waals surface area contributed by atoms with E-state index in [-0.39, 0.29) is 18.8 Å². The van der Waals surface area contributed by atoms with Gasteiger partial charge in [0.2, 0.25) is 12.2 Å². The van der Waals surface area contributed by atoms with Crippen LogP contribution in [-0.4, -0.2) is 61.1 Å². The van der Waals surface area contributed by atoms with Crippen molar-refractivity contribution in [2.75, 3.05) is 6.61 Å². The minimum atomic E-state index is -1.47. The summed E-state index contributed by atoms with van der Waals surface area (Å²) in [6.07, 6.45) is -6.40. The number of hydrogen-bond acceptors (Lipinski definition) is 10. The van der Waals surface area contributed by atoms with Crippen LogP contribution in [0, 0.1) is 5.82 Å². The molecule has 0 aromatic heterocycles. The zero-order valence-corrected chi connectivity index (χ0v) is 18.6. The fraction of sp³-hybridized carbons (Fsp3) is 0.524. The maximum atomic E-state index is 14.1. The Balaban J connectivity index is 2.39. The van der Waals surface area contributed by atoms with Crippen molar-refractivity contribution in [3.63, 3.8) is 0 Å². The number of amides is 1. The number of ether oxygens (including phenoxy) is 5. The van der Waals surface area contributed by atoms with Crippen molar-refractivity contribution in [1.29, 1.82) is 0 Å². The number of esters is 3. The predicted molar refractivity (Wildman–Crippen MR) is 106 cm³/mol. The summed E-state index contributed by atoms with van der Waals surface area (Å²) in [4.78, 5) is 51.5. The standard InChI is InChI=1S/C21H26FNO10/c1-11(24)23-33-20-19(30-13(3)26)18(29-9-15-7-5-6-8-16(15)22)17(10-28-12(2)25)32-21(20)31-14(4)27/h5-8,17-21H,9-10H2,1-4H3,(H,23,24)/t17-,18-,19+,20-,21?/m1/s1. The van der Waals surface area contributed by atoms with Gasteiger partial charge in [0.05, 0.1) is 6.61 Å². The second-order valence-corrected chi connectivity index (χ2v) is 7.14. The summed E-state index contributed by atoms with van der Waals surface area (Å²) < 4.78 is 41.2. The van der Waals surface area contributed by atoms with Gasteiger partial charge in [-0.15, -0.1) is 0 Å². The minimum Gasteiger partial charge on any atom is -0.463 e. The molecule has 0 bridgehead atoms. The number of halogens is 1. The van der Waals surface area contributed by atoms with Crippen molar-refractivity contribution < 1.29 is 52.1 Å². The molecule has 1 saturated heterocycles. The lowest BCUT2D eigenvalue weighted by molar-refractivity contribution is -0.317. The molecule has 1 aromatic carbocycles. The summed E-state index contributed by atoms with van der Waals surface area (Å²) >= 11 is 0. The summed E-state index contributed by atoms with van der Waals surface area (Å²) in [5.74, 6) is -3.25. The molecular formula is C21H26FNO10. The van der Waals surface area contributed by atoms with Gasteiger partial charge >= 0.3 is 17.9 Å². The lowest BCUT2D eigenvalue weighted by atomic mass is 9.98. The molecule has 12 heteroatoms. The fourth-order valence-electron chi connectivity index (χ4n) is 3.08. The van der Waals surface area contributed by atoms with E-state index in [2.05, 4.69) is 5.48 Å². The van der Waals surface area contributed by atoms with E-state index < -0.39 is 60.3 Å². The van der Waals surface area contributed by atoms with Gasteiger partial charge in [-0.3, -0.25) is 24.0 Å². The van der Waals surface area contributed by atoms with E-state index in [4.69, 9.17) is 28.5 Å². The van der Waals surface area contributed by atoms with Crippen LogP contribution >= 0.6 is 0 Å². The Labute approximate surface area is 189 Å². The van der Waals surface area contributed by atoms with Gasteiger partial charge < -0.3 is 23.7 Å². The summed E-state index contributed by atoms with van der Waals surface area (Å²) in [5, 5.41) is 0. The number of nitrogens with one attached hydrogen (secondary N) is 1. The largest absolute Gasteiger partial charge is 0.463 e. The molecule has 11 nitrogen and oxygen atoms in total. The maximum absolute atomic E-state index is 14.1. The smallest absolute Gasteiger partial charge is 0.305 e. The predicted octanol–water partition coefficient (Wildman–Crippen LogP) is 0.930. The van der Waals surface area contributed by atoms with Crippen LogP contribution in [0.3, 0.4) is 0 Å². The average Bonchev–Trinajstić information content (AvgIpc) is 2.71. The Kier molecular flexibility index (Phi) is 9.70. The molecule has 1 amide bonds. The molecule has 1 aromatic rings. The normalized spacial score (nSPS) is 24.5. The molecular weight excluding hydrogens is 445 g/mol. The molecule has 0 radical (unpaired) electrons. The number of rotatable bonds is 9. The van der Waals surface area contributed by atoms with Crippen LogP contribution in [0.2, 0.25) is 0 Å². The molecule has 0 saturated carbocycles. The summed E-state index contributed by atoms with van der Waals surface area (Å²) in [6, 6.07) is 5.86. The van der Waals surface area contributed by atoms with Crippen LogP contribution < -0.4 is 5.48 Å². The molecule has 1 fully saturated rings. The lowest BCUT2D eigenvalue weighted by Gasteiger charge is -2.44. The summed E-state index contributed by atoms with van der Waals surface area (Å²) in [7, 11) is 0. The van der Waals surface area contributed by atoms with Gasteiger partial charge in [0.25, 0.3) is 0 Å². The van der Waals surface area contributed by atoms with Crippen molar-refractivity contribution in [3.8, 4) is 0 Å². The molecule has 1 heterocycles. The van der Waals surface area contributed by atoms with Gasteiger partial charge in [0, 0.05) is 33.3 Å². The topological polar surface area (TPSA) is 136 Å². The molecule has 182 valence electrons. The number of benzene rings is 1. The molecule has 1 N–H and O–H groups in total. The number of hydrogen-bond donors (Lipinski definition) is 1. The highest BCUT2D eigenvalue weighted by Gasteiger charge is 2.52. The van der Waals surface area contributed by atoms with Crippen LogP contribution in [0.5, 0.6) is 0 Å². The maximum Gasteiger partial charge on any atom is 0.305 e. The van der Waals surface area contributed by atoms with Gasteiger partial charge in [0.1, 0.15) is 24.6 Å². The zero-order valence-electron chi connectivity index (χ0n) is 18.6. The highest BCUT2D eigenvalue weighted by atomic mass is 19.1. The number of carbonyl (C=O) groups excluding carboxylic acids is 4. The first-order valence-corrected chi connectivity index (χ1v) is 9.99. The minimum absolute atomic E-state index is 0.201. The third-order valence-electron chi connectivity index (χ3n) is 4.35. The Morgan fingerprint density at radius 2 is 1.61 bits per heavy atom. The average molecular weight is 471 g/mol. The summed E-state index contributed by atoms with van der Waals surface area (Å²) in [5.41, 5.74) is 2.29. The number of hydroxylamine groups is 1. The van der Waals surface area contributed by atoms with Gasteiger partial charge in [-0.05, 0) is 6.07 Å². The van der Waals surface area contributed by atoms with Gasteiger partial charge in [-0.25, -0.2) is 9.87 Å². The fourth-order valence-corrected chi connectivity index (χ4v) is 3.08. The van der Waals surface area contributed by atoms with Crippen molar-refractivity contribution in [1.82, 2.24) is 5.48 Å². The molecule has 0 spiro atoms. The molecule has 1 unspecified atom stereocenters. The van der Waals surface area contributed by atoms with Crippen molar-refractivity contribution in [3.05, 3.63) is 35.6 Å². The lowest BCUT2D eigenvalue weighted by Crippen LogP contribution is -2.63. The van der Waals surface area contributed by atoms with E-state index in [1.807, 2.05) is 0 Å². The number of carbonyl (C=O) groups is 4. The van der Waals surface area contributed by atoms with Crippen molar-refractivity contribution in [2.24, 2.45) is 0 Å². The summed E-state index contributed by atoms with van der Waals surface area (Å²) in [6.45, 7) is 3.96. The van der Waals surface area contributed by atoms with E-state index >= 15 is 0 Å². The van der Waals surface area contributed by atoms with Gasteiger partial charge in [0.15, 0.2) is 12.2 Å². The Morgan fingerprint density at radius 3 is 2.18 bits per heavy atom. The molecule has 5 atom stereocenters. The van der Waals surface area contributed by atoms with E-state index in [0.717, 1.165) is 13.8 Å². The zero-order chi connectivity index (χ0) is 24.5. The highest BCUT2D eigenvalue weighted by Crippen LogP contribution is 2.30. The monoisotopic (exact) mass is 471 g/mol. The third kappa shape index (κ3) is 8.08. The molecule has 1 aliphatic heterocycles. The molecule has 0 aliphatic carbocycles. The van der Waals surface area contributed by atoms with E-state index in [9.17, 15) is 23.6 Å². The van der Waals surface area contributed by atoms with Crippen molar-refractivity contribution in [2.45, 2.75) is 65.0 Å². The van der Waals surface area contributed by atoms with Crippen LogP contribution in [0.25, 0.3) is 0 Å². The highest BCUT2D eigenvalue weighted by molar-refractivity contribution is 5.71. The van der Waals surface area contributed by atoms with Crippen LogP contribution in [0.15, 0.2) is 24.3 Å². The van der Waals surface area contributed by atoms with Crippen LogP contribution in [0.1, 0.15) is 33.3 Å². The second-order valence-electron chi connectivity index (χ2n) is 7.14. The molecule has 33 heavy (non-hydrogen) atoms. The quantitative estimate of drug-likeness (QED) is 0.315. The SMILES string of the molecule is CC(=O)NO[C@H]1C(OC(C)=O)O[C@H](COC(C)=O)[C@@H](OCc2ccccc2F)[C@@H]1OC(C)=O. The molecule has 2 rings (SSSR count). The molecule has 1 aliphatic rings. The third-order valence-corrected chi connectivity index (χ3v) is 4.35. The first-order valence-electron chi connectivity index (χ1n) is 9.99. The van der Waals surface area contributed by atoms with Crippen molar-refractivity contribution >= 4 is 23.8 Å². The Bertz CT molecular complexity index is 863. The second kappa shape index (κ2) is 12.2. The van der Waals surface area contributed by atoms with E-state index in [1.165, 1.54) is 32.0 Å².